The second kappa shape index (κ2) is 11.0. The summed E-state index contributed by atoms with van der Waals surface area (Å²) in [5.41, 5.74) is 1.31. The summed E-state index contributed by atoms with van der Waals surface area (Å²) in [7, 11) is 0. The lowest BCUT2D eigenvalue weighted by Gasteiger charge is -2.15. The molecule has 0 aliphatic rings. The van der Waals surface area contributed by atoms with E-state index in [9.17, 15) is 14.4 Å². The molecule has 0 aromatic heterocycles. The third-order valence-electron chi connectivity index (χ3n) is 4.15. The van der Waals surface area contributed by atoms with Gasteiger partial charge in [0.1, 0.15) is 0 Å². The van der Waals surface area contributed by atoms with Gasteiger partial charge in [0.05, 0.1) is 18.8 Å². The van der Waals surface area contributed by atoms with Crippen LogP contribution in [-0.4, -0.2) is 37.0 Å². The predicted molar refractivity (Wildman–Crippen MR) is 113 cm³/mol. The van der Waals surface area contributed by atoms with Crippen LogP contribution in [0.1, 0.15) is 54.8 Å². The molecule has 1 atom stereocenters. The summed E-state index contributed by atoms with van der Waals surface area (Å²) in [5, 5.41) is 2.66. The Morgan fingerprint density at radius 2 is 1.60 bits per heavy atom. The topological polar surface area (TPSA) is 90.9 Å². The lowest BCUT2D eigenvalue weighted by Crippen LogP contribution is -2.30. The van der Waals surface area contributed by atoms with Gasteiger partial charge in [-0.1, -0.05) is 6.92 Å². The van der Waals surface area contributed by atoms with Crippen LogP contribution in [0.3, 0.4) is 0 Å². The Morgan fingerprint density at radius 3 is 2.20 bits per heavy atom. The quantitative estimate of drug-likeness (QED) is 0.462. The highest BCUT2D eigenvalue weighted by atomic mass is 16.5. The summed E-state index contributed by atoms with van der Waals surface area (Å²) in [4.78, 5) is 36.1. The van der Waals surface area contributed by atoms with E-state index in [-0.39, 0.29) is 11.3 Å². The molecule has 2 aromatic carbocycles. The van der Waals surface area contributed by atoms with Crippen LogP contribution in [0.25, 0.3) is 0 Å². The highest BCUT2D eigenvalue weighted by Gasteiger charge is 2.20. The zero-order valence-electron chi connectivity index (χ0n) is 17.7. The van der Waals surface area contributed by atoms with Crippen LogP contribution in [0.4, 0.5) is 5.69 Å². The number of anilines is 1. The number of nitrogens with one attached hydrogen (secondary N) is 1. The fourth-order valence-electron chi connectivity index (χ4n) is 2.55. The molecular weight excluding hydrogens is 386 g/mol. The molecule has 0 aliphatic carbocycles. The molecule has 30 heavy (non-hydrogen) atoms. The molecule has 0 bridgehead atoms. The van der Waals surface area contributed by atoms with Gasteiger partial charge in [-0.05, 0) is 69.7 Å². The highest BCUT2D eigenvalue weighted by molar-refractivity contribution is 5.98. The first-order chi connectivity index (χ1) is 14.3. The molecular formula is C23H27NO6. The summed E-state index contributed by atoms with van der Waals surface area (Å²) < 4.78 is 16.5. The lowest BCUT2D eigenvalue weighted by molar-refractivity contribution is -0.123. The van der Waals surface area contributed by atoms with Crippen LogP contribution < -0.4 is 14.8 Å². The van der Waals surface area contributed by atoms with Gasteiger partial charge in [0.25, 0.3) is 5.91 Å². The smallest absolute Gasteiger partial charge is 0.339 e. The SMILES string of the molecule is CCCOc1ccc(C(=O)OC(C)C(=O)Nc2ccc(C(C)=O)cc2)cc1OCC. The minimum Gasteiger partial charge on any atom is -0.490 e. The van der Waals surface area contributed by atoms with Crippen LogP contribution in [0.5, 0.6) is 11.5 Å². The number of hydrogen-bond donors (Lipinski definition) is 1. The van der Waals surface area contributed by atoms with Gasteiger partial charge < -0.3 is 19.5 Å². The number of esters is 1. The number of benzene rings is 2. The first kappa shape index (κ1) is 22.9. The van der Waals surface area contributed by atoms with Gasteiger partial charge in [-0.25, -0.2) is 4.79 Å². The molecule has 0 fully saturated rings. The molecule has 2 rings (SSSR count). The molecule has 1 amide bonds. The number of rotatable bonds is 10. The fraction of sp³-hybridized carbons (Fsp3) is 0.348. The minimum absolute atomic E-state index is 0.0623. The predicted octanol–water partition coefficient (Wildman–Crippen LogP) is 4.26. The van der Waals surface area contributed by atoms with Crippen LogP contribution >= 0.6 is 0 Å². The number of hydrogen-bond acceptors (Lipinski definition) is 6. The maximum Gasteiger partial charge on any atom is 0.339 e. The van der Waals surface area contributed by atoms with E-state index in [1.165, 1.54) is 13.8 Å². The van der Waals surface area contributed by atoms with E-state index in [0.29, 0.717) is 36.0 Å². The van der Waals surface area contributed by atoms with Crippen LogP contribution in [-0.2, 0) is 9.53 Å². The van der Waals surface area contributed by atoms with Crippen molar-refractivity contribution in [2.75, 3.05) is 18.5 Å². The van der Waals surface area contributed by atoms with Gasteiger partial charge in [0.2, 0.25) is 0 Å². The number of ketones is 1. The van der Waals surface area contributed by atoms with E-state index in [2.05, 4.69) is 5.32 Å². The summed E-state index contributed by atoms with van der Waals surface area (Å²) in [6.45, 7) is 7.74. The van der Waals surface area contributed by atoms with Gasteiger partial charge >= 0.3 is 5.97 Å². The van der Waals surface area contributed by atoms with Crippen LogP contribution in [0.2, 0.25) is 0 Å². The second-order valence-corrected chi connectivity index (χ2v) is 6.61. The van der Waals surface area contributed by atoms with E-state index < -0.39 is 18.0 Å². The Kier molecular flexibility index (Phi) is 8.41. The molecule has 0 heterocycles. The van der Waals surface area contributed by atoms with E-state index in [0.717, 1.165) is 6.42 Å². The Labute approximate surface area is 176 Å². The number of ether oxygens (including phenoxy) is 3. The molecule has 7 nitrogen and oxygen atoms in total. The highest BCUT2D eigenvalue weighted by Crippen LogP contribution is 2.29. The van der Waals surface area contributed by atoms with Gasteiger partial charge in [-0.15, -0.1) is 0 Å². The monoisotopic (exact) mass is 413 g/mol. The zero-order chi connectivity index (χ0) is 22.1. The molecule has 0 saturated heterocycles. The molecule has 0 aliphatic heterocycles. The van der Waals surface area contributed by atoms with Crippen LogP contribution in [0.15, 0.2) is 42.5 Å². The average molecular weight is 413 g/mol. The van der Waals surface area contributed by atoms with E-state index in [1.807, 2.05) is 13.8 Å². The Morgan fingerprint density at radius 1 is 0.933 bits per heavy atom. The van der Waals surface area contributed by atoms with E-state index in [4.69, 9.17) is 14.2 Å². The molecule has 160 valence electrons. The van der Waals surface area contributed by atoms with Gasteiger partial charge in [-0.2, -0.15) is 0 Å². The molecule has 7 heteroatoms. The van der Waals surface area contributed by atoms with Crippen LogP contribution in [0, 0.1) is 0 Å². The first-order valence-electron chi connectivity index (χ1n) is 9.88. The fourth-order valence-corrected chi connectivity index (χ4v) is 2.55. The maximum atomic E-state index is 12.5. The second-order valence-electron chi connectivity index (χ2n) is 6.61. The summed E-state index contributed by atoms with van der Waals surface area (Å²) >= 11 is 0. The standard InChI is InChI=1S/C23H27NO6/c1-5-13-29-20-12-9-18(14-21(20)28-6-2)23(27)30-16(4)22(26)24-19-10-7-17(8-11-19)15(3)25/h7-12,14,16H,5-6,13H2,1-4H3,(H,24,26). The normalized spacial score (nSPS) is 11.3. The van der Waals surface area contributed by atoms with E-state index >= 15 is 0 Å². The van der Waals surface area contributed by atoms with Crippen molar-refractivity contribution < 1.29 is 28.6 Å². The van der Waals surface area contributed by atoms with E-state index in [1.54, 1.807) is 42.5 Å². The maximum absolute atomic E-state index is 12.5. The Bertz CT molecular complexity index is 891. The molecule has 0 radical (unpaired) electrons. The number of carbonyl (C=O) groups is 3. The molecule has 1 N–H and O–H groups in total. The third kappa shape index (κ3) is 6.34. The molecule has 2 aromatic rings. The van der Waals surface area contributed by atoms with Crippen molar-refractivity contribution in [3.05, 3.63) is 53.6 Å². The zero-order valence-corrected chi connectivity index (χ0v) is 17.7. The van der Waals surface area contributed by atoms with Gasteiger partial charge in [0, 0.05) is 11.3 Å². The lowest BCUT2D eigenvalue weighted by atomic mass is 10.1. The molecule has 0 saturated carbocycles. The van der Waals surface area contributed by atoms with Crippen molar-refractivity contribution in [2.45, 2.75) is 40.2 Å². The first-order valence-corrected chi connectivity index (χ1v) is 9.88. The minimum atomic E-state index is -1.02. The average Bonchev–Trinajstić information content (AvgIpc) is 2.73. The Hall–Kier alpha value is -3.35. The van der Waals surface area contributed by atoms with Gasteiger partial charge in [0.15, 0.2) is 23.4 Å². The molecule has 1 unspecified atom stereocenters. The summed E-state index contributed by atoms with van der Waals surface area (Å²) in [6, 6.07) is 11.2. The Balaban J connectivity index is 2.02. The van der Waals surface area contributed by atoms with Gasteiger partial charge in [-0.3, -0.25) is 9.59 Å². The largest absolute Gasteiger partial charge is 0.490 e. The number of amides is 1. The summed E-state index contributed by atoms with van der Waals surface area (Å²) in [6.07, 6.45) is -0.170. The van der Waals surface area contributed by atoms with Crippen molar-refractivity contribution in [2.24, 2.45) is 0 Å². The van der Waals surface area contributed by atoms with Crippen molar-refractivity contribution >= 4 is 23.3 Å². The van der Waals surface area contributed by atoms with Crippen molar-refractivity contribution in [1.29, 1.82) is 0 Å². The number of carbonyl (C=O) groups excluding carboxylic acids is 3. The van der Waals surface area contributed by atoms with Crippen molar-refractivity contribution in [3.63, 3.8) is 0 Å². The molecule has 0 spiro atoms. The third-order valence-corrected chi connectivity index (χ3v) is 4.15. The van der Waals surface area contributed by atoms with Crippen molar-refractivity contribution in [1.82, 2.24) is 0 Å². The number of Topliss-reactive ketones (excluding diaryl/α,β-unsaturated/α-hetero) is 1. The van der Waals surface area contributed by atoms with Crippen molar-refractivity contribution in [3.8, 4) is 11.5 Å². The summed E-state index contributed by atoms with van der Waals surface area (Å²) in [5.74, 6) is -0.190.